The summed E-state index contributed by atoms with van der Waals surface area (Å²) in [6, 6.07) is 0. The lowest BCUT2D eigenvalue weighted by molar-refractivity contribution is -0.0193. The Kier molecular flexibility index (Phi) is 2.80. The number of rotatable bonds is 2. The first-order valence-electron chi connectivity index (χ1n) is 3.53. The van der Waals surface area contributed by atoms with Gasteiger partial charge in [-0.3, -0.25) is 0 Å². The number of nitrogens with two attached hydrogens (primary N) is 1. The smallest absolute Gasteiger partial charge is 0.111 e. The Hall–Kier alpha value is -0.200. The molecule has 1 aliphatic heterocycles. The molecule has 1 heterocycles. The van der Waals surface area contributed by atoms with Crippen molar-refractivity contribution in [1.29, 1.82) is 0 Å². The first kappa shape index (κ1) is 8.89. The minimum Gasteiger partial charge on any atom is -0.394 e. The van der Waals surface area contributed by atoms with E-state index in [0.29, 0.717) is 0 Å². The van der Waals surface area contributed by atoms with Crippen molar-refractivity contribution in [2.75, 3.05) is 13.2 Å². The molecule has 0 aromatic carbocycles. The van der Waals surface area contributed by atoms with Crippen LogP contribution in [0.25, 0.3) is 0 Å². The van der Waals surface area contributed by atoms with Crippen LogP contribution >= 0.6 is 0 Å². The summed E-state index contributed by atoms with van der Waals surface area (Å²) in [5.41, 5.74) is 5.23. The van der Waals surface area contributed by atoms with Gasteiger partial charge in [0.2, 0.25) is 0 Å². The van der Waals surface area contributed by atoms with E-state index < -0.39 is 24.4 Å². The molecular formula is C6H13NO4. The molecule has 66 valence electrons. The van der Waals surface area contributed by atoms with E-state index in [2.05, 4.69) is 0 Å². The third kappa shape index (κ3) is 1.52. The van der Waals surface area contributed by atoms with Gasteiger partial charge >= 0.3 is 0 Å². The van der Waals surface area contributed by atoms with Crippen LogP contribution in [0.1, 0.15) is 0 Å². The zero-order chi connectivity index (χ0) is 8.43. The third-order valence-corrected chi connectivity index (χ3v) is 1.87. The predicted octanol–water partition coefficient (Wildman–Crippen LogP) is -2.57. The molecule has 4 atom stereocenters. The Morgan fingerprint density at radius 2 is 1.73 bits per heavy atom. The van der Waals surface area contributed by atoms with Gasteiger partial charge in [-0.1, -0.05) is 0 Å². The first-order chi connectivity index (χ1) is 5.20. The summed E-state index contributed by atoms with van der Waals surface area (Å²) in [6.45, 7) is -0.149. The van der Waals surface area contributed by atoms with Crippen LogP contribution in [0.15, 0.2) is 0 Å². The molecule has 1 rings (SSSR count). The van der Waals surface area contributed by atoms with Crippen LogP contribution in [-0.4, -0.2) is 52.9 Å². The summed E-state index contributed by atoms with van der Waals surface area (Å²) >= 11 is 0. The molecule has 0 aromatic heterocycles. The van der Waals surface area contributed by atoms with Crippen LogP contribution in [0.4, 0.5) is 0 Å². The molecule has 5 N–H and O–H groups in total. The van der Waals surface area contributed by atoms with Crippen molar-refractivity contribution in [2.24, 2.45) is 5.73 Å². The van der Waals surface area contributed by atoms with Crippen molar-refractivity contribution in [3.05, 3.63) is 0 Å². The number of hydrogen-bond acceptors (Lipinski definition) is 5. The summed E-state index contributed by atoms with van der Waals surface area (Å²) in [5, 5.41) is 27.0. The van der Waals surface area contributed by atoms with Gasteiger partial charge in [-0.25, -0.2) is 0 Å². The molecular weight excluding hydrogens is 150 g/mol. The second kappa shape index (κ2) is 3.46. The molecule has 1 unspecified atom stereocenters. The van der Waals surface area contributed by atoms with Crippen molar-refractivity contribution >= 4 is 0 Å². The van der Waals surface area contributed by atoms with E-state index in [-0.39, 0.29) is 13.2 Å². The Morgan fingerprint density at radius 1 is 1.18 bits per heavy atom. The highest BCUT2D eigenvalue weighted by Crippen LogP contribution is 2.19. The van der Waals surface area contributed by atoms with Gasteiger partial charge in [0.05, 0.1) is 12.7 Å². The van der Waals surface area contributed by atoms with E-state index in [9.17, 15) is 5.11 Å². The maximum Gasteiger partial charge on any atom is 0.111 e. The van der Waals surface area contributed by atoms with Gasteiger partial charge in [0.25, 0.3) is 0 Å². The van der Waals surface area contributed by atoms with Crippen LogP contribution < -0.4 is 5.73 Å². The van der Waals surface area contributed by atoms with E-state index in [0.717, 1.165) is 0 Å². The predicted molar refractivity (Wildman–Crippen MR) is 36.8 cm³/mol. The maximum atomic E-state index is 9.19. The molecule has 5 heteroatoms. The van der Waals surface area contributed by atoms with Gasteiger partial charge in [0.15, 0.2) is 0 Å². The minimum absolute atomic E-state index is 0.148. The van der Waals surface area contributed by atoms with Crippen molar-refractivity contribution < 1.29 is 20.1 Å². The standard InChI is InChI=1S/C6H13NO4/c7-1-3-5(9)6(10)4(2-8)11-3/h3-6,8-10H,1-2,7H2/t3?,4-,5+,6-/m1/s1. The first-order valence-corrected chi connectivity index (χ1v) is 3.53. The third-order valence-electron chi connectivity index (χ3n) is 1.87. The van der Waals surface area contributed by atoms with Crippen LogP contribution in [0.3, 0.4) is 0 Å². The zero-order valence-electron chi connectivity index (χ0n) is 6.05. The van der Waals surface area contributed by atoms with E-state index in [1.165, 1.54) is 0 Å². The molecule has 1 aliphatic rings. The fourth-order valence-electron chi connectivity index (χ4n) is 1.17. The van der Waals surface area contributed by atoms with Crippen molar-refractivity contribution in [1.82, 2.24) is 0 Å². The van der Waals surface area contributed by atoms with Gasteiger partial charge in [-0.15, -0.1) is 0 Å². The Labute approximate surface area is 64.4 Å². The van der Waals surface area contributed by atoms with Crippen molar-refractivity contribution in [3.63, 3.8) is 0 Å². The molecule has 0 aromatic rings. The van der Waals surface area contributed by atoms with Gasteiger partial charge in [-0.2, -0.15) is 0 Å². The highest BCUT2D eigenvalue weighted by molar-refractivity contribution is 4.90. The topological polar surface area (TPSA) is 95.9 Å². The molecule has 0 saturated carbocycles. The minimum atomic E-state index is -1.02. The Morgan fingerprint density at radius 3 is 2.00 bits per heavy atom. The van der Waals surface area contributed by atoms with Gasteiger partial charge < -0.3 is 25.8 Å². The summed E-state index contributed by atoms with van der Waals surface area (Å²) in [4.78, 5) is 0. The average molecular weight is 163 g/mol. The molecule has 0 amide bonds. The molecule has 0 spiro atoms. The number of aliphatic hydroxyl groups is 3. The molecule has 11 heavy (non-hydrogen) atoms. The quantitative estimate of drug-likeness (QED) is 0.359. The van der Waals surface area contributed by atoms with E-state index in [1.54, 1.807) is 0 Å². The second-order valence-corrected chi connectivity index (χ2v) is 2.61. The molecule has 0 bridgehead atoms. The van der Waals surface area contributed by atoms with E-state index >= 15 is 0 Å². The molecule has 1 fully saturated rings. The highest BCUT2D eigenvalue weighted by atomic mass is 16.6. The zero-order valence-corrected chi connectivity index (χ0v) is 6.05. The van der Waals surface area contributed by atoms with Crippen LogP contribution in [0, 0.1) is 0 Å². The van der Waals surface area contributed by atoms with Crippen LogP contribution in [0.2, 0.25) is 0 Å². The van der Waals surface area contributed by atoms with Gasteiger partial charge in [0.1, 0.15) is 18.3 Å². The number of aliphatic hydroxyl groups excluding tert-OH is 3. The fraction of sp³-hybridized carbons (Fsp3) is 1.00. The van der Waals surface area contributed by atoms with Crippen molar-refractivity contribution in [2.45, 2.75) is 24.4 Å². The lowest BCUT2D eigenvalue weighted by Gasteiger charge is -2.11. The van der Waals surface area contributed by atoms with Crippen LogP contribution in [0.5, 0.6) is 0 Å². The number of ether oxygens (including phenoxy) is 1. The molecule has 0 radical (unpaired) electrons. The Bertz CT molecular complexity index is 114. The second-order valence-electron chi connectivity index (χ2n) is 2.61. The summed E-state index contributed by atoms with van der Waals surface area (Å²) in [5.74, 6) is 0. The van der Waals surface area contributed by atoms with Crippen LogP contribution in [-0.2, 0) is 4.74 Å². The van der Waals surface area contributed by atoms with Gasteiger partial charge in [0, 0.05) is 6.54 Å². The average Bonchev–Trinajstić information content (AvgIpc) is 2.30. The SMILES string of the molecule is NCC1O[C@H](CO)[C@@H](O)[C@H]1O. The summed E-state index contributed by atoms with van der Waals surface area (Å²) in [6.07, 6.45) is -3.24. The van der Waals surface area contributed by atoms with E-state index in [4.69, 9.17) is 20.7 Å². The molecule has 0 aliphatic carbocycles. The lowest BCUT2D eigenvalue weighted by Crippen LogP contribution is -2.36. The van der Waals surface area contributed by atoms with E-state index in [1.807, 2.05) is 0 Å². The fourth-order valence-corrected chi connectivity index (χ4v) is 1.17. The maximum absolute atomic E-state index is 9.19. The Balaban J connectivity index is 2.53. The lowest BCUT2D eigenvalue weighted by atomic mass is 10.1. The largest absolute Gasteiger partial charge is 0.394 e. The number of hydrogen-bond donors (Lipinski definition) is 4. The highest BCUT2D eigenvalue weighted by Gasteiger charge is 2.41. The molecule has 1 saturated heterocycles. The monoisotopic (exact) mass is 163 g/mol. The summed E-state index contributed by atoms with van der Waals surface area (Å²) in [7, 11) is 0. The summed E-state index contributed by atoms with van der Waals surface area (Å²) < 4.78 is 5.01. The normalized spacial score (nSPS) is 44.7. The van der Waals surface area contributed by atoms with Crippen molar-refractivity contribution in [3.8, 4) is 0 Å². The molecule has 5 nitrogen and oxygen atoms in total. The van der Waals surface area contributed by atoms with Gasteiger partial charge in [-0.05, 0) is 0 Å².